The highest BCUT2D eigenvalue weighted by atomic mass is 16.4. The molecule has 2 heterocycles. The van der Waals surface area contributed by atoms with Gasteiger partial charge in [-0.05, 0) is 36.4 Å². The molecule has 0 spiro atoms. The highest BCUT2D eigenvalue weighted by molar-refractivity contribution is 5.87. The number of phenols is 1. The van der Waals surface area contributed by atoms with Crippen LogP contribution in [0.5, 0.6) is 5.75 Å². The Morgan fingerprint density at radius 1 is 1.20 bits per heavy atom. The molecule has 0 fully saturated rings. The van der Waals surface area contributed by atoms with E-state index < -0.39 is 5.97 Å². The van der Waals surface area contributed by atoms with Crippen molar-refractivity contribution in [1.82, 2.24) is 9.78 Å². The fourth-order valence-electron chi connectivity index (χ4n) is 1.88. The summed E-state index contributed by atoms with van der Waals surface area (Å²) in [7, 11) is 0. The lowest BCUT2D eigenvalue weighted by molar-refractivity contribution is 0.0690. The summed E-state index contributed by atoms with van der Waals surface area (Å²) in [5.74, 6) is -0.479. The molecule has 0 atom stereocenters. The number of carboxylic acids is 1. The van der Waals surface area contributed by atoms with E-state index in [-0.39, 0.29) is 11.4 Å². The lowest BCUT2D eigenvalue weighted by Crippen LogP contribution is -2.01. The zero-order valence-electron chi connectivity index (χ0n) is 10.2. The third-order valence-corrected chi connectivity index (χ3v) is 2.80. The molecule has 100 valence electrons. The molecular formula is C14H10N2O4. The van der Waals surface area contributed by atoms with E-state index in [2.05, 4.69) is 5.10 Å². The van der Waals surface area contributed by atoms with Crippen LogP contribution in [0.4, 0.5) is 0 Å². The van der Waals surface area contributed by atoms with Crippen LogP contribution in [0.15, 0.2) is 53.1 Å². The van der Waals surface area contributed by atoms with E-state index in [1.54, 1.807) is 24.3 Å². The molecule has 1 aromatic carbocycles. The molecule has 6 heteroatoms. The number of aromatic nitrogens is 2. The fraction of sp³-hybridized carbons (Fsp3) is 0. The first-order valence-electron chi connectivity index (χ1n) is 5.82. The Hall–Kier alpha value is -3.02. The summed E-state index contributed by atoms with van der Waals surface area (Å²) < 4.78 is 6.76. The van der Waals surface area contributed by atoms with Crippen molar-refractivity contribution in [2.75, 3.05) is 0 Å². The highest BCUT2D eigenvalue weighted by Crippen LogP contribution is 2.25. The lowest BCUT2D eigenvalue weighted by Gasteiger charge is -2.05. The molecule has 20 heavy (non-hydrogen) atoms. The number of phenolic OH excluding ortho intramolecular Hbond substituents is 1. The normalized spacial score (nSPS) is 10.6. The van der Waals surface area contributed by atoms with Crippen molar-refractivity contribution in [3.05, 3.63) is 54.4 Å². The molecule has 2 N–H and O–H groups in total. The zero-order chi connectivity index (χ0) is 14.1. The molecule has 3 rings (SSSR count). The smallest absolute Gasteiger partial charge is 0.356 e. The maximum absolute atomic E-state index is 11.1. The number of hydrogen-bond acceptors (Lipinski definition) is 4. The minimum atomic E-state index is -1.12. The molecule has 0 saturated heterocycles. The molecule has 0 saturated carbocycles. The summed E-state index contributed by atoms with van der Waals surface area (Å²) in [6.07, 6.45) is 1.50. The number of rotatable bonds is 3. The SMILES string of the molecule is O=C(O)c1cc(-c2ccco2)n(-c2ccc(O)cc2)n1. The van der Waals surface area contributed by atoms with Gasteiger partial charge in [0.05, 0.1) is 12.0 Å². The summed E-state index contributed by atoms with van der Waals surface area (Å²) in [6, 6.07) is 11.2. The monoisotopic (exact) mass is 270 g/mol. The van der Waals surface area contributed by atoms with Crippen LogP contribution in [-0.2, 0) is 0 Å². The van der Waals surface area contributed by atoms with Crippen molar-refractivity contribution in [2.24, 2.45) is 0 Å². The van der Waals surface area contributed by atoms with Crippen LogP contribution in [0.1, 0.15) is 10.5 Å². The molecule has 0 amide bonds. The second-order valence-corrected chi connectivity index (χ2v) is 4.13. The van der Waals surface area contributed by atoms with Crippen molar-refractivity contribution in [1.29, 1.82) is 0 Å². The first-order valence-corrected chi connectivity index (χ1v) is 5.82. The van der Waals surface area contributed by atoms with Crippen LogP contribution < -0.4 is 0 Å². The number of furan rings is 1. The Bertz CT molecular complexity index is 742. The summed E-state index contributed by atoms with van der Waals surface area (Å²) in [6.45, 7) is 0. The number of aromatic hydroxyl groups is 1. The van der Waals surface area contributed by atoms with Gasteiger partial charge in [0.2, 0.25) is 0 Å². The Morgan fingerprint density at radius 2 is 1.95 bits per heavy atom. The van der Waals surface area contributed by atoms with Crippen LogP contribution in [0.2, 0.25) is 0 Å². The summed E-state index contributed by atoms with van der Waals surface area (Å²) in [5, 5.41) is 22.4. The van der Waals surface area contributed by atoms with Gasteiger partial charge in [0, 0.05) is 6.07 Å². The minimum absolute atomic E-state index is 0.0792. The minimum Gasteiger partial charge on any atom is -0.508 e. The van der Waals surface area contributed by atoms with Crippen molar-refractivity contribution in [3.8, 4) is 22.9 Å². The summed E-state index contributed by atoms with van der Waals surface area (Å²) in [5.41, 5.74) is 1.07. The number of carbonyl (C=O) groups is 1. The van der Waals surface area contributed by atoms with Gasteiger partial charge in [0.1, 0.15) is 11.4 Å². The Morgan fingerprint density at radius 3 is 2.55 bits per heavy atom. The van der Waals surface area contributed by atoms with Crippen LogP contribution in [0.3, 0.4) is 0 Å². The highest BCUT2D eigenvalue weighted by Gasteiger charge is 2.17. The van der Waals surface area contributed by atoms with E-state index in [1.807, 2.05) is 0 Å². The molecular weight excluding hydrogens is 260 g/mol. The molecule has 3 aromatic rings. The van der Waals surface area contributed by atoms with Gasteiger partial charge in [-0.1, -0.05) is 0 Å². The first kappa shape index (κ1) is 12.0. The predicted octanol–water partition coefficient (Wildman–Crippen LogP) is 2.54. The third-order valence-electron chi connectivity index (χ3n) is 2.80. The van der Waals surface area contributed by atoms with Gasteiger partial charge < -0.3 is 14.6 Å². The van der Waals surface area contributed by atoms with Gasteiger partial charge in [-0.15, -0.1) is 0 Å². The van der Waals surface area contributed by atoms with Gasteiger partial charge in [0.25, 0.3) is 0 Å². The van der Waals surface area contributed by atoms with Crippen molar-refractivity contribution in [3.63, 3.8) is 0 Å². The molecule has 0 radical (unpaired) electrons. The maximum atomic E-state index is 11.1. The standard InChI is InChI=1S/C14H10N2O4/c17-10-5-3-9(4-6-10)16-12(13-2-1-7-20-13)8-11(15-16)14(18)19/h1-8,17H,(H,18,19). The van der Waals surface area contributed by atoms with Gasteiger partial charge in [-0.2, -0.15) is 5.10 Å². The van der Waals surface area contributed by atoms with E-state index in [9.17, 15) is 9.90 Å². The van der Waals surface area contributed by atoms with Gasteiger partial charge in [-0.25, -0.2) is 9.48 Å². The lowest BCUT2D eigenvalue weighted by atomic mass is 10.2. The average Bonchev–Trinajstić information content (AvgIpc) is 3.08. The Balaban J connectivity index is 2.18. The molecule has 0 aliphatic carbocycles. The fourth-order valence-corrected chi connectivity index (χ4v) is 1.88. The second-order valence-electron chi connectivity index (χ2n) is 4.13. The van der Waals surface area contributed by atoms with Crippen LogP contribution in [0, 0.1) is 0 Å². The summed E-state index contributed by atoms with van der Waals surface area (Å²) in [4.78, 5) is 11.1. The van der Waals surface area contributed by atoms with Crippen LogP contribution in [-0.4, -0.2) is 26.0 Å². The van der Waals surface area contributed by atoms with Crippen molar-refractivity contribution < 1.29 is 19.4 Å². The van der Waals surface area contributed by atoms with E-state index in [0.29, 0.717) is 17.1 Å². The average molecular weight is 270 g/mol. The predicted molar refractivity (Wildman–Crippen MR) is 69.9 cm³/mol. The largest absolute Gasteiger partial charge is 0.508 e. The maximum Gasteiger partial charge on any atom is 0.356 e. The Labute approximate surface area is 113 Å². The van der Waals surface area contributed by atoms with Crippen molar-refractivity contribution >= 4 is 5.97 Å². The molecule has 6 nitrogen and oxygen atoms in total. The number of carboxylic acid groups (broad SMARTS) is 1. The van der Waals surface area contributed by atoms with Crippen LogP contribution in [0.25, 0.3) is 17.1 Å². The number of benzene rings is 1. The van der Waals surface area contributed by atoms with Crippen molar-refractivity contribution in [2.45, 2.75) is 0 Å². The third kappa shape index (κ3) is 2.03. The molecule has 2 aromatic heterocycles. The number of nitrogens with zero attached hydrogens (tertiary/aromatic N) is 2. The van der Waals surface area contributed by atoms with E-state index >= 15 is 0 Å². The van der Waals surface area contributed by atoms with E-state index in [0.717, 1.165) is 0 Å². The van der Waals surface area contributed by atoms with Gasteiger partial charge >= 0.3 is 5.97 Å². The topological polar surface area (TPSA) is 88.5 Å². The van der Waals surface area contributed by atoms with E-state index in [4.69, 9.17) is 9.52 Å². The van der Waals surface area contributed by atoms with E-state index in [1.165, 1.54) is 29.1 Å². The second kappa shape index (κ2) is 4.58. The zero-order valence-corrected chi connectivity index (χ0v) is 10.2. The molecule has 0 aliphatic heterocycles. The van der Waals surface area contributed by atoms with Gasteiger partial charge in [-0.3, -0.25) is 0 Å². The molecule has 0 bridgehead atoms. The summed E-state index contributed by atoms with van der Waals surface area (Å²) >= 11 is 0. The first-order chi connectivity index (χ1) is 9.65. The number of aromatic carboxylic acids is 1. The molecule has 0 aliphatic rings. The quantitative estimate of drug-likeness (QED) is 0.763. The Kier molecular flexibility index (Phi) is 2.76. The van der Waals surface area contributed by atoms with Crippen LogP contribution >= 0.6 is 0 Å². The van der Waals surface area contributed by atoms with Gasteiger partial charge in [0.15, 0.2) is 11.5 Å². The number of hydrogen-bond donors (Lipinski definition) is 2. The molecule has 0 unspecified atom stereocenters.